The Balaban J connectivity index is 2.09. The highest BCUT2D eigenvalue weighted by Gasteiger charge is 2.15. The van der Waals surface area contributed by atoms with E-state index in [9.17, 15) is 0 Å². The molecular weight excluding hydrogens is 304 g/mol. The van der Waals surface area contributed by atoms with Crippen LogP contribution >= 0.6 is 0 Å². The van der Waals surface area contributed by atoms with Gasteiger partial charge in [0.1, 0.15) is 29.5 Å². The molecule has 0 unspecified atom stereocenters. The Morgan fingerprint density at radius 1 is 1.29 bits per heavy atom. The van der Waals surface area contributed by atoms with Gasteiger partial charge in [0.25, 0.3) is 0 Å². The number of hydrogen-bond acceptors (Lipinski definition) is 6. The average molecular weight is 322 g/mol. The van der Waals surface area contributed by atoms with Crippen molar-refractivity contribution in [2.24, 2.45) is 0 Å². The lowest BCUT2D eigenvalue weighted by molar-refractivity contribution is 0.368. The fourth-order valence-corrected chi connectivity index (χ4v) is 2.63. The van der Waals surface area contributed by atoms with Crippen LogP contribution in [0.15, 0.2) is 30.7 Å². The number of rotatable bonds is 6. The largest absolute Gasteiger partial charge is 0.479 e. The molecule has 2 heterocycles. The van der Waals surface area contributed by atoms with Crippen molar-refractivity contribution in [1.29, 1.82) is 5.26 Å². The molecule has 0 aliphatic carbocycles. The van der Waals surface area contributed by atoms with Crippen molar-refractivity contribution in [2.45, 2.75) is 13.8 Å². The molecule has 3 rings (SSSR count). The summed E-state index contributed by atoms with van der Waals surface area (Å²) in [6.45, 7) is 5.92. The Kier molecular flexibility index (Phi) is 4.57. The van der Waals surface area contributed by atoms with Gasteiger partial charge in [-0.15, -0.1) is 0 Å². The van der Waals surface area contributed by atoms with Gasteiger partial charge in [0.2, 0.25) is 0 Å². The van der Waals surface area contributed by atoms with Gasteiger partial charge in [0.05, 0.1) is 11.9 Å². The lowest BCUT2D eigenvalue weighted by Gasteiger charge is -2.24. The maximum atomic E-state index is 8.70. The number of nitriles is 1. The molecule has 0 atom stereocenters. The van der Waals surface area contributed by atoms with Crippen LogP contribution in [0.3, 0.4) is 0 Å². The molecule has 0 fully saturated rings. The first-order chi connectivity index (χ1) is 11.8. The summed E-state index contributed by atoms with van der Waals surface area (Å²) in [4.78, 5) is 18.2. The van der Waals surface area contributed by atoms with E-state index in [0.29, 0.717) is 11.4 Å². The summed E-state index contributed by atoms with van der Waals surface area (Å²) in [6.07, 6.45) is 3.18. The fraction of sp³-hybridized carbons (Fsp3) is 0.294. The molecule has 1 aromatic carbocycles. The number of aromatic nitrogens is 4. The molecule has 3 aromatic rings. The molecule has 0 aliphatic rings. The number of imidazole rings is 1. The Labute approximate surface area is 139 Å². The van der Waals surface area contributed by atoms with Crippen molar-refractivity contribution in [3.05, 3.63) is 30.7 Å². The van der Waals surface area contributed by atoms with Crippen LogP contribution < -0.4 is 9.64 Å². The summed E-state index contributed by atoms with van der Waals surface area (Å²) < 4.78 is 5.44. The molecule has 7 nitrogen and oxygen atoms in total. The van der Waals surface area contributed by atoms with E-state index in [2.05, 4.69) is 38.7 Å². The van der Waals surface area contributed by atoms with Crippen molar-refractivity contribution >= 4 is 16.9 Å². The third-order valence-electron chi connectivity index (χ3n) is 3.79. The van der Waals surface area contributed by atoms with Crippen LogP contribution in [0.4, 0.5) is 5.69 Å². The topological polar surface area (TPSA) is 90.7 Å². The van der Waals surface area contributed by atoms with Crippen LogP contribution in [-0.2, 0) is 0 Å². The van der Waals surface area contributed by atoms with Gasteiger partial charge in [0.15, 0.2) is 12.3 Å². The molecule has 7 heteroatoms. The first kappa shape index (κ1) is 15.7. The Bertz CT molecular complexity index is 845. The van der Waals surface area contributed by atoms with Gasteiger partial charge in [-0.1, -0.05) is 0 Å². The van der Waals surface area contributed by atoms with Gasteiger partial charge in [-0.3, -0.25) is 0 Å². The first-order valence-corrected chi connectivity index (χ1v) is 7.81. The number of hydrogen-bond donors (Lipinski definition) is 1. The Morgan fingerprint density at radius 3 is 2.83 bits per heavy atom. The zero-order valence-corrected chi connectivity index (χ0v) is 13.7. The third-order valence-corrected chi connectivity index (χ3v) is 3.79. The SMILES string of the molecule is CCN(CC)c1cc(OCC#N)ccc1-c1nc2cncnc2[nH]1. The zero-order valence-electron chi connectivity index (χ0n) is 13.7. The molecule has 0 amide bonds. The molecule has 0 saturated carbocycles. The summed E-state index contributed by atoms with van der Waals surface area (Å²) in [5, 5.41) is 8.70. The zero-order chi connectivity index (χ0) is 16.9. The average Bonchev–Trinajstić information content (AvgIpc) is 3.05. The molecule has 0 bridgehead atoms. The third kappa shape index (κ3) is 2.99. The maximum absolute atomic E-state index is 8.70. The van der Waals surface area contributed by atoms with E-state index < -0.39 is 0 Å². The summed E-state index contributed by atoms with van der Waals surface area (Å²) in [6, 6.07) is 7.73. The number of benzene rings is 1. The molecular formula is C17H18N6O. The van der Waals surface area contributed by atoms with Crippen molar-refractivity contribution in [2.75, 3.05) is 24.6 Å². The summed E-state index contributed by atoms with van der Waals surface area (Å²) in [7, 11) is 0. The predicted octanol–water partition coefficient (Wildman–Crippen LogP) is 2.77. The normalized spacial score (nSPS) is 10.5. The van der Waals surface area contributed by atoms with E-state index in [1.165, 1.54) is 6.33 Å². The minimum absolute atomic E-state index is 0.0251. The number of nitrogens with one attached hydrogen (secondary N) is 1. The lowest BCUT2D eigenvalue weighted by atomic mass is 10.1. The van der Waals surface area contributed by atoms with Crippen LogP contribution in [0.25, 0.3) is 22.6 Å². The second-order valence-electron chi connectivity index (χ2n) is 5.14. The molecule has 0 radical (unpaired) electrons. The second kappa shape index (κ2) is 6.96. The van der Waals surface area contributed by atoms with E-state index in [1.807, 2.05) is 24.3 Å². The van der Waals surface area contributed by atoms with E-state index in [4.69, 9.17) is 10.00 Å². The number of ether oxygens (including phenoxy) is 1. The first-order valence-electron chi connectivity index (χ1n) is 7.81. The molecule has 1 N–H and O–H groups in total. The molecule has 2 aromatic heterocycles. The Morgan fingerprint density at radius 2 is 2.12 bits per heavy atom. The van der Waals surface area contributed by atoms with Gasteiger partial charge >= 0.3 is 0 Å². The van der Waals surface area contributed by atoms with Gasteiger partial charge < -0.3 is 14.6 Å². The van der Waals surface area contributed by atoms with E-state index in [1.54, 1.807) is 6.20 Å². The molecule has 24 heavy (non-hydrogen) atoms. The summed E-state index contributed by atoms with van der Waals surface area (Å²) in [5.41, 5.74) is 3.39. The smallest absolute Gasteiger partial charge is 0.174 e. The van der Waals surface area contributed by atoms with Gasteiger partial charge in [-0.2, -0.15) is 5.26 Å². The van der Waals surface area contributed by atoms with Gasteiger partial charge in [0, 0.05) is 24.7 Å². The van der Waals surface area contributed by atoms with Crippen molar-refractivity contribution < 1.29 is 4.74 Å². The van der Waals surface area contributed by atoms with E-state index in [0.717, 1.165) is 35.7 Å². The minimum atomic E-state index is 0.0251. The highest BCUT2D eigenvalue weighted by Crippen LogP contribution is 2.33. The van der Waals surface area contributed by atoms with Gasteiger partial charge in [-0.25, -0.2) is 15.0 Å². The second-order valence-corrected chi connectivity index (χ2v) is 5.14. The molecule has 0 aliphatic heterocycles. The molecule has 0 saturated heterocycles. The fourth-order valence-electron chi connectivity index (χ4n) is 2.63. The van der Waals surface area contributed by atoms with Crippen molar-refractivity contribution in [1.82, 2.24) is 19.9 Å². The number of nitrogens with zero attached hydrogens (tertiary/aromatic N) is 5. The number of fused-ring (bicyclic) bond motifs is 1. The van der Waals surface area contributed by atoms with Crippen molar-refractivity contribution in [3.8, 4) is 23.2 Å². The monoisotopic (exact) mass is 322 g/mol. The summed E-state index contributed by atoms with van der Waals surface area (Å²) in [5.74, 6) is 1.40. The van der Waals surface area contributed by atoms with Gasteiger partial charge in [-0.05, 0) is 26.0 Å². The maximum Gasteiger partial charge on any atom is 0.174 e. The van der Waals surface area contributed by atoms with E-state index in [-0.39, 0.29) is 6.61 Å². The van der Waals surface area contributed by atoms with Crippen LogP contribution in [0, 0.1) is 11.3 Å². The summed E-state index contributed by atoms with van der Waals surface area (Å²) >= 11 is 0. The van der Waals surface area contributed by atoms with Crippen LogP contribution in [0.1, 0.15) is 13.8 Å². The van der Waals surface area contributed by atoms with Crippen LogP contribution in [0.2, 0.25) is 0 Å². The van der Waals surface area contributed by atoms with Crippen molar-refractivity contribution in [3.63, 3.8) is 0 Å². The molecule has 122 valence electrons. The lowest BCUT2D eigenvalue weighted by Crippen LogP contribution is -2.22. The predicted molar refractivity (Wildman–Crippen MR) is 91.8 cm³/mol. The Hall–Kier alpha value is -3.14. The van der Waals surface area contributed by atoms with E-state index >= 15 is 0 Å². The number of aromatic amines is 1. The minimum Gasteiger partial charge on any atom is -0.479 e. The number of anilines is 1. The highest BCUT2D eigenvalue weighted by molar-refractivity contribution is 5.81. The standard InChI is InChI=1S/C17H18N6O/c1-3-23(4-2)15-9-12(24-8-7-18)5-6-13(15)16-21-14-10-19-11-20-17(14)22-16/h5-6,9-11H,3-4,8H2,1-2H3,(H,19,20,21,22). The highest BCUT2D eigenvalue weighted by atomic mass is 16.5. The quantitative estimate of drug-likeness (QED) is 0.750. The van der Waals surface area contributed by atoms with Crippen LogP contribution in [0.5, 0.6) is 5.75 Å². The van der Waals surface area contributed by atoms with Crippen LogP contribution in [-0.4, -0.2) is 39.6 Å². The molecule has 0 spiro atoms. The number of H-pyrrole nitrogens is 1.